The summed E-state index contributed by atoms with van der Waals surface area (Å²) in [6, 6.07) is 6.79. The van der Waals surface area contributed by atoms with Crippen molar-refractivity contribution in [3.63, 3.8) is 0 Å². The average Bonchev–Trinajstić information content (AvgIpc) is 3.06. The number of carbonyl (C=O) groups is 2. The highest BCUT2D eigenvalue weighted by Gasteiger charge is 2.23. The second-order valence-corrected chi connectivity index (χ2v) is 6.50. The molecule has 2 rings (SSSR count). The van der Waals surface area contributed by atoms with Crippen LogP contribution in [0.25, 0.3) is 0 Å². The Morgan fingerprint density at radius 2 is 1.96 bits per heavy atom. The zero-order valence-electron chi connectivity index (χ0n) is 15.3. The molecule has 0 aliphatic rings. The van der Waals surface area contributed by atoms with E-state index in [2.05, 4.69) is 10.1 Å². The van der Waals surface area contributed by atoms with Gasteiger partial charge in [0.25, 0.3) is 5.91 Å². The molecule has 0 bridgehead atoms. The number of esters is 1. The summed E-state index contributed by atoms with van der Waals surface area (Å²) < 4.78 is 6.67. The average molecular weight is 344 g/mol. The number of hydrogen-bond donors (Lipinski definition) is 0. The Balaban J connectivity index is 2.30. The van der Waals surface area contributed by atoms with Gasteiger partial charge in [-0.05, 0) is 52.8 Å². The number of anilines is 1. The number of carbonyl (C=O) groups excluding carboxylic acids is 2. The van der Waals surface area contributed by atoms with Gasteiger partial charge < -0.3 is 9.64 Å². The van der Waals surface area contributed by atoms with Crippen LogP contribution in [0.2, 0.25) is 0 Å². The third-order valence-electron chi connectivity index (χ3n) is 3.60. The fourth-order valence-electron chi connectivity index (χ4n) is 2.26. The third-order valence-corrected chi connectivity index (χ3v) is 3.60. The van der Waals surface area contributed by atoms with E-state index in [0.29, 0.717) is 24.4 Å². The second-order valence-electron chi connectivity index (χ2n) is 6.50. The van der Waals surface area contributed by atoms with Crippen molar-refractivity contribution in [3.8, 4) is 0 Å². The fourth-order valence-corrected chi connectivity index (χ4v) is 2.26. The Bertz CT molecular complexity index is 762. The van der Waals surface area contributed by atoms with E-state index in [1.807, 2.05) is 27.7 Å². The van der Waals surface area contributed by atoms with Crippen LogP contribution < -0.4 is 4.90 Å². The summed E-state index contributed by atoms with van der Waals surface area (Å²) in [4.78, 5) is 30.4. The number of nitrogens with zero attached hydrogens (tertiary/aromatic N) is 4. The molecular formula is C18H24N4O3. The van der Waals surface area contributed by atoms with E-state index in [0.717, 1.165) is 0 Å². The maximum atomic E-state index is 12.8. The molecule has 134 valence electrons. The van der Waals surface area contributed by atoms with E-state index in [1.54, 1.807) is 42.2 Å². The van der Waals surface area contributed by atoms with Gasteiger partial charge in [-0.15, -0.1) is 5.10 Å². The van der Waals surface area contributed by atoms with E-state index in [1.165, 1.54) is 4.90 Å². The smallest absolute Gasteiger partial charge is 0.338 e. The Morgan fingerprint density at radius 3 is 2.52 bits per heavy atom. The summed E-state index contributed by atoms with van der Waals surface area (Å²) in [6.07, 6.45) is 1.55. The Morgan fingerprint density at radius 1 is 1.24 bits per heavy atom. The highest BCUT2D eigenvalue weighted by Crippen LogP contribution is 2.19. The lowest BCUT2D eigenvalue weighted by molar-refractivity contribution is 0.0526. The van der Waals surface area contributed by atoms with Gasteiger partial charge in [0.1, 0.15) is 6.33 Å². The van der Waals surface area contributed by atoms with Crippen LogP contribution in [0.1, 0.15) is 55.6 Å². The third kappa shape index (κ3) is 4.23. The quantitative estimate of drug-likeness (QED) is 0.780. The van der Waals surface area contributed by atoms with Crippen molar-refractivity contribution in [2.24, 2.45) is 0 Å². The topological polar surface area (TPSA) is 77.3 Å². The van der Waals surface area contributed by atoms with E-state index in [9.17, 15) is 9.59 Å². The van der Waals surface area contributed by atoms with Gasteiger partial charge in [-0.25, -0.2) is 14.5 Å². The summed E-state index contributed by atoms with van der Waals surface area (Å²) >= 11 is 0. The highest BCUT2D eigenvalue weighted by atomic mass is 16.5. The van der Waals surface area contributed by atoms with Crippen LogP contribution >= 0.6 is 0 Å². The molecule has 25 heavy (non-hydrogen) atoms. The molecule has 0 saturated carbocycles. The maximum Gasteiger partial charge on any atom is 0.338 e. The van der Waals surface area contributed by atoms with Gasteiger partial charge in [0.2, 0.25) is 5.82 Å². The van der Waals surface area contributed by atoms with Crippen LogP contribution in [0, 0.1) is 0 Å². The number of benzene rings is 1. The predicted octanol–water partition coefficient (Wildman–Crippen LogP) is 2.88. The lowest BCUT2D eigenvalue weighted by atomic mass is 10.1. The van der Waals surface area contributed by atoms with Crippen LogP contribution in [0.15, 0.2) is 30.6 Å². The van der Waals surface area contributed by atoms with Crippen LogP contribution in [0.4, 0.5) is 5.69 Å². The minimum atomic E-state index is -0.414. The molecule has 7 heteroatoms. The number of hydrogen-bond acceptors (Lipinski definition) is 5. The van der Waals surface area contributed by atoms with Crippen molar-refractivity contribution in [2.45, 2.75) is 40.2 Å². The minimum Gasteiger partial charge on any atom is -0.462 e. The summed E-state index contributed by atoms with van der Waals surface area (Å²) in [5.74, 6) is -0.604. The SMILES string of the molecule is CCOC(=O)c1cccc(N(CC)C(=O)c2ncn(C(C)(C)C)n2)c1. The summed E-state index contributed by atoms with van der Waals surface area (Å²) in [5, 5.41) is 4.29. The Hall–Kier alpha value is -2.70. The number of rotatable bonds is 5. The number of ether oxygens (including phenoxy) is 1. The summed E-state index contributed by atoms with van der Waals surface area (Å²) in [6.45, 7) is 10.3. The van der Waals surface area contributed by atoms with E-state index in [4.69, 9.17) is 4.74 Å². The molecule has 1 aromatic heterocycles. The second kappa shape index (κ2) is 7.46. The van der Waals surface area contributed by atoms with Gasteiger partial charge in [-0.2, -0.15) is 0 Å². The molecule has 1 aromatic carbocycles. The molecule has 0 saturated heterocycles. The van der Waals surface area contributed by atoms with Crippen molar-refractivity contribution in [1.82, 2.24) is 14.8 Å². The lowest BCUT2D eigenvalue weighted by Gasteiger charge is -2.20. The zero-order chi connectivity index (χ0) is 18.6. The first kappa shape index (κ1) is 18.6. The standard InChI is InChI=1S/C18H24N4O3/c1-6-21(14-10-8-9-13(11-14)17(24)25-7-2)16(23)15-19-12-22(20-15)18(3,4)5/h8-12H,6-7H2,1-5H3. The number of amides is 1. The molecule has 0 radical (unpaired) electrons. The molecular weight excluding hydrogens is 320 g/mol. The highest BCUT2D eigenvalue weighted by molar-refractivity contribution is 6.04. The normalized spacial score (nSPS) is 11.2. The predicted molar refractivity (Wildman–Crippen MR) is 94.8 cm³/mol. The summed E-state index contributed by atoms with van der Waals surface area (Å²) in [5.41, 5.74) is 0.746. The van der Waals surface area contributed by atoms with Gasteiger partial charge in [0.05, 0.1) is 17.7 Å². The molecule has 0 fully saturated rings. The monoisotopic (exact) mass is 344 g/mol. The molecule has 0 atom stereocenters. The van der Waals surface area contributed by atoms with E-state index in [-0.39, 0.29) is 17.3 Å². The van der Waals surface area contributed by atoms with Crippen LogP contribution in [0.5, 0.6) is 0 Å². The molecule has 1 heterocycles. The maximum absolute atomic E-state index is 12.8. The van der Waals surface area contributed by atoms with Crippen molar-refractivity contribution in [2.75, 3.05) is 18.1 Å². The molecule has 0 N–H and O–H groups in total. The van der Waals surface area contributed by atoms with Gasteiger partial charge in [0, 0.05) is 12.2 Å². The van der Waals surface area contributed by atoms with Gasteiger partial charge in [-0.1, -0.05) is 6.07 Å². The lowest BCUT2D eigenvalue weighted by Crippen LogP contribution is -2.32. The van der Waals surface area contributed by atoms with E-state index >= 15 is 0 Å². The molecule has 0 aliphatic heterocycles. The van der Waals surface area contributed by atoms with Crippen LogP contribution in [0.3, 0.4) is 0 Å². The Kier molecular flexibility index (Phi) is 5.56. The first-order valence-electron chi connectivity index (χ1n) is 8.29. The van der Waals surface area contributed by atoms with Gasteiger partial charge in [0.15, 0.2) is 0 Å². The van der Waals surface area contributed by atoms with Crippen molar-refractivity contribution in [3.05, 3.63) is 42.0 Å². The molecule has 0 unspecified atom stereocenters. The first-order chi connectivity index (χ1) is 11.8. The molecule has 2 aromatic rings. The van der Waals surface area contributed by atoms with Crippen LogP contribution in [-0.4, -0.2) is 39.8 Å². The molecule has 1 amide bonds. The minimum absolute atomic E-state index is 0.123. The fraction of sp³-hybridized carbons (Fsp3) is 0.444. The van der Waals surface area contributed by atoms with Crippen LogP contribution in [-0.2, 0) is 10.3 Å². The van der Waals surface area contributed by atoms with Crippen molar-refractivity contribution in [1.29, 1.82) is 0 Å². The first-order valence-corrected chi connectivity index (χ1v) is 8.29. The van der Waals surface area contributed by atoms with Gasteiger partial charge >= 0.3 is 5.97 Å². The Labute approximate surface area is 147 Å². The van der Waals surface area contributed by atoms with Crippen molar-refractivity contribution < 1.29 is 14.3 Å². The summed E-state index contributed by atoms with van der Waals surface area (Å²) in [7, 11) is 0. The number of aromatic nitrogens is 3. The van der Waals surface area contributed by atoms with E-state index < -0.39 is 5.97 Å². The largest absolute Gasteiger partial charge is 0.462 e. The van der Waals surface area contributed by atoms with Gasteiger partial charge in [-0.3, -0.25) is 4.79 Å². The molecule has 0 spiro atoms. The molecule has 7 nitrogen and oxygen atoms in total. The molecule has 0 aliphatic carbocycles. The zero-order valence-corrected chi connectivity index (χ0v) is 15.3. The van der Waals surface area contributed by atoms with Crippen molar-refractivity contribution >= 4 is 17.6 Å².